The van der Waals surface area contributed by atoms with E-state index < -0.39 is 32.4 Å². The third-order valence-electron chi connectivity index (χ3n) is 3.67. The normalized spacial score (nSPS) is 14.9. The summed E-state index contributed by atoms with van der Waals surface area (Å²) in [5.41, 5.74) is 0.912. The highest BCUT2D eigenvalue weighted by Crippen LogP contribution is 2.37. The zero-order chi connectivity index (χ0) is 17.6. The fourth-order valence-corrected chi connectivity index (χ4v) is 3.13. The van der Waals surface area contributed by atoms with Crippen molar-refractivity contribution in [3.05, 3.63) is 29.3 Å². The van der Waals surface area contributed by atoms with Crippen LogP contribution in [0.15, 0.2) is 18.2 Å². The van der Waals surface area contributed by atoms with E-state index in [1.54, 1.807) is 19.1 Å². The third kappa shape index (κ3) is 6.19. The number of hydrogen-bond acceptors (Lipinski definition) is 6. The standard InChI is InChI=1S/C14H24NO7P/c1-10(6-16)13(8-18)15(9-23(20,21)22)5-12-3-2-11(7-17)4-14(12)19/h2-4,10,13,16-19H,5-9H2,1H3,(H2,20,21,22). The largest absolute Gasteiger partial charge is 0.508 e. The summed E-state index contributed by atoms with van der Waals surface area (Å²) in [7, 11) is -4.39. The van der Waals surface area contributed by atoms with Crippen LogP contribution in [-0.4, -0.2) is 60.7 Å². The number of aliphatic hydroxyl groups is 3. The maximum absolute atomic E-state index is 11.4. The molecule has 2 atom stereocenters. The van der Waals surface area contributed by atoms with Gasteiger partial charge in [0.25, 0.3) is 0 Å². The van der Waals surface area contributed by atoms with Crippen LogP contribution in [0.25, 0.3) is 0 Å². The number of rotatable bonds is 9. The summed E-state index contributed by atoms with van der Waals surface area (Å²) >= 11 is 0. The number of nitrogens with zero attached hydrogens (tertiary/aromatic N) is 1. The molecule has 0 heterocycles. The van der Waals surface area contributed by atoms with E-state index >= 15 is 0 Å². The first kappa shape index (κ1) is 20.1. The second-order valence-corrected chi connectivity index (χ2v) is 7.20. The summed E-state index contributed by atoms with van der Waals surface area (Å²) in [6, 6.07) is 3.83. The number of phenols is 1. The minimum absolute atomic E-state index is 0.0157. The fourth-order valence-electron chi connectivity index (χ4n) is 2.35. The first-order valence-corrected chi connectivity index (χ1v) is 8.93. The average Bonchev–Trinajstić information content (AvgIpc) is 2.47. The first-order chi connectivity index (χ1) is 10.7. The quantitative estimate of drug-likeness (QED) is 0.337. The highest BCUT2D eigenvalue weighted by Gasteiger charge is 2.29. The Balaban J connectivity index is 3.07. The molecule has 9 heteroatoms. The molecule has 1 aromatic rings. The van der Waals surface area contributed by atoms with Crippen molar-refractivity contribution in [2.24, 2.45) is 5.92 Å². The Bertz CT molecular complexity index is 548. The van der Waals surface area contributed by atoms with Gasteiger partial charge >= 0.3 is 7.60 Å². The van der Waals surface area contributed by atoms with Crippen molar-refractivity contribution in [1.82, 2.24) is 4.90 Å². The molecule has 0 bridgehead atoms. The van der Waals surface area contributed by atoms with Gasteiger partial charge in [-0.25, -0.2) is 0 Å². The monoisotopic (exact) mass is 349 g/mol. The van der Waals surface area contributed by atoms with E-state index in [-0.39, 0.29) is 25.5 Å². The van der Waals surface area contributed by atoms with Gasteiger partial charge in [-0.15, -0.1) is 0 Å². The molecular weight excluding hydrogens is 325 g/mol. The lowest BCUT2D eigenvalue weighted by atomic mass is 10.0. The van der Waals surface area contributed by atoms with Crippen molar-refractivity contribution in [1.29, 1.82) is 0 Å². The molecule has 0 saturated heterocycles. The predicted octanol–water partition coefficient (Wildman–Crippen LogP) is -0.189. The summed E-state index contributed by atoms with van der Waals surface area (Å²) in [5.74, 6) is -0.522. The minimum Gasteiger partial charge on any atom is -0.508 e. The van der Waals surface area contributed by atoms with Crippen molar-refractivity contribution in [2.45, 2.75) is 26.1 Å². The Labute approximate surface area is 134 Å². The number of hydrogen-bond donors (Lipinski definition) is 6. The Morgan fingerprint density at radius 3 is 2.26 bits per heavy atom. The summed E-state index contributed by atoms with van der Waals surface area (Å²) in [6.07, 6.45) is -0.607. The molecule has 6 N–H and O–H groups in total. The van der Waals surface area contributed by atoms with Crippen LogP contribution in [0.4, 0.5) is 0 Å². The van der Waals surface area contributed by atoms with Gasteiger partial charge in [0.2, 0.25) is 0 Å². The molecule has 0 aliphatic heterocycles. The molecule has 0 fully saturated rings. The van der Waals surface area contributed by atoms with Crippen LogP contribution in [0.1, 0.15) is 18.1 Å². The number of phenolic OH excluding ortho intramolecular Hbond substituents is 1. The van der Waals surface area contributed by atoms with Gasteiger partial charge in [-0.1, -0.05) is 19.1 Å². The minimum atomic E-state index is -4.39. The Morgan fingerprint density at radius 2 is 1.83 bits per heavy atom. The van der Waals surface area contributed by atoms with Gasteiger partial charge < -0.3 is 30.2 Å². The summed E-state index contributed by atoms with van der Waals surface area (Å²) in [6.45, 7) is 0.761. The van der Waals surface area contributed by atoms with Crippen molar-refractivity contribution in [3.63, 3.8) is 0 Å². The molecule has 0 radical (unpaired) electrons. The Hall–Kier alpha value is -0.990. The van der Waals surface area contributed by atoms with Crippen LogP contribution >= 0.6 is 7.60 Å². The molecular formula is C14H24NO7P. The summed E-state index contributed by atoms with van der Waals surface area (Å²) in [4.78, 5) is 19.8. The third-order valence-corrected chi connectivity index (χ3v) is 4.40. The SMILES string of the molecule is CC(CO)C(CO)N(Cc1ccc(CO)cc1O)CP(=O)(O)O. The lowest BCUT2D eigenvalue weighted by Gasteiger charge is -2.34. The maximum atomic E-state index is 11.4. The van der Waals surface area contributed by atoms with E-state index in [2.05, 4.69) is 0 Å². The smallest absolute Gasteiger partial charge is 0.339 e. The zero-order valence-corrected chi connectivity index (χ0v) is 13.8. The molecule has 132 valence electrons. The second kappa shape index (κ2) is 8.75. The van der Waals surface area contributed by atoms with E-state index in [0.717, 1.165) is 0 Å². The van der Waals surface area contributed by atoms with E-state index in [9.17, 15) is 29.7 Å². The molecule has 8 nitrogen and oxygen atoms in total. The van der Waals surface area contributed by atoms with Crippen LogP contribution in [-0.2, 0) is 17.7 Å². The topological polar surface area (TPSA) is 142 Å². The van der Waals surface area contributed by atoms with Crippen molar-refractivity contribution < 1.29 is 34.8 Å². The van der Waals surface area contributed by atoms with Gasteiger partial charge in [0.15, 0.2) is 0 Å². The van der Waals surface area contributed by atoms with Crippen LogP contribution in [0, 0.1) is 5.92 Å². The highest BCUT2D eigenvalue weighted by atomic mass is 31.2. The lowest BCUT2D eigenvalue weighted by molar-refractivity contribution is 0.0628. The number of benzene rings is 1. The molecule has 0 amide bonds. The Morgan fingerprint density at radius 1 is 1.17 bits per heavy atom. The average molecular weight is 349 g/mol. The molecule has 1 rings (SSSR count). The molecule has 0 aliphatic rings. The lowest BCUT2D eigenvalue weighted by Crippen LogP contribution is -2.43. The van der Waals surface area contributed by atoms with E-state index in [1.807, 2.05) is 0 Å². The van der Waals surface area contributed by atoms with Crippen LogP contribution in [0.3, 0.4) is 0 Å². The molecule has 1 aromatic carbocycles. The first-order valence-electron chi connectivity index (χ1n) is 7.13. The van der Waals surface area contributed by atoms with Gasteiger partial charge in [-0.05, 0) is 17.5 Å². The Kier molecular flexibility index (Phi) is 7.63. The van der Waals surface area contributed by atoms with E-state index in [4.69, 9.17) is 5.11 Å². The van der Waals surface area contributed by atoms with Crippen LogP contribution < -0.4 is 0 Å². The second-order valence-electron chi connectivity index (χ2n) is 5.58. The molecule has 23 heavy (non-hydrogen) atoms. The van der Waals surface area contributed by atoms with Crippen LogP contribution in [0.5, 0.6) is 5.75 Å². The molecule has 0 spiro atoms. The molecule has 2 unspecified atom stereocenters. The predicted molar refractivity (Wildman–Crippen MR) is 83.6 cm³/mol. The van der Waals surface area contributed by atoms with Gasteiger partial charge in [0.05, 0.1) is 13.2 Å². The summed E-state index contributed by atoms with van der Waals surface area (Å²) in [5, 5.41) is 37.8. The van der Waals surface area contributed by atoms with E-state index in [1.165, 1.54) is 11.0 Å². The molecule has 0 aromatic heterocycles. The highest BCUT2D eigenvalue weighted by molar-refractivity contribution is 7.51. The van der Waals surface area contributed by atoms with Crippen LogP contribution in [0.2, 0.25) is 0 Å². The van der Waals surface area contributed by atoms with Gasteiger partial charge in [0.1, 0.15) is 12.0 Å². The molecule has 0 saturated carbocycles. The van der Waals surface area contributed by atoms with Crippen molar-refractivity contribution >= 4 is 7.60 Å². The fraction of sp³-hybridized carbons (Fsp3) is 0.571. The van der Waals surface area contributed by atoms with E-state index in [0.29, 0.717) is 11.1 Å². The summed E-state index contributed by atoms with van der Waals surface area (Å²) < 4.78 is 11.4. The van der Waals surface area contributed by atoms with Gasteiger partial charge in [-0.2, -0.15) is 0 Å². The molecule has 0 aliphatic carbocycles. The van der Waals surface area contributed by atoms with Crippen molar-refractivity contribution in [2.75, 3.05) is 19.5 Å². The van der Waals surface area contributed by atoms with Gasteiger partial charge in [0, 0.05) is 24.8 Å². The zero-order valence-electron chi connectivity index (χ0n) is 12.9. The number of aromatic hydroxyl groups is 1. The maximum Gasteiger partial charge on any atom is 0.339 e. The van der Waals surface area contributed by atoms with Gasteiger partial charge in [-0.3, -0.25) is 9.46 Å². The number of aliphatic hydroxyl groups excluding tert-OH is 3. The van der Waals surface area contributed by atoms with Crippen molar-refractivity contribution in [3.8, 4) is 5.75 Å².